The van der Waals surface area contributed by atoms with E-state index in [4.69, 9.17) is 28.9 Å². The fraction of sp³-hybridized carbons (Fsp3) is 0.500. The molecule has 0 bridgehead atoms. The molecule has 0 aliphatic carbocycles. The lowest BCUT2D eigenvalue weighted by Gasteiger charge is -2.16. The molecule has 1 fully saturated rings. The second-order valence-corrected chi connectivity index (χ2v) is 4.23. The van der Waals surface area contributed by atoms with Crippen molar-refractivity contribution < 1.29 is 4.79 Å². The Hall–Kier alpha value is -1.14. The van der Waals surface area contributed by atoms with Gasteiger partial charge in [0.1, 0.15) is 0 Å². The first-order valence-electron chi connectivity index (χ1n) is 4.68. The lowest BCUT2D eigenvalue weighted by atomic mass is 10.1. The van der Waals surface area contributed by atoms with Crippen LogP contribution in [0.25, 0.3) is 0 Å². The molecule has 2 N–H and O–H groups in total. The molecule has 1 saturated heterocycles. The molecule has 1 aromatic rings. The lowest BCUT2D eigenvalue weighted by Crippen LogP contribution is -2.28. The van der Waals surface area contributed by atoms with E-state index in [9.17, 15) is 4.79 Å². The van der Waals surface area contributed by atoms with Gasteiger partial charge in [-0.05, 0) is 18.0 Å². The number of hydrogen-bond acceptors (Lipinski definition) is 5. The summed E-state index contributed by atoms with van der Waals surface area (Å²) in [6.07, 6.45) is 0.688. The van der Waals surface area contributed by atoms with Crippen molar-refractivity contribution in [1.29, 1.82) is 0 Å². The Morgan fingerprint density at radius 2 is 2.19 bits per heavy atom. The highest BCUT2D eigenvalue weighted by atomic mass is 35.5. The SMILES string of the molecule is NC(=O)C1CCN(c2nc(Cl)nnc2Cl)C1. The van der Waals surface area contributed by atoms with Gasteiger partial charge in [0.05, 0.1) is 5.92 Å². The van der Waals surface area contributed by atoms with Gasteiger partial charge in [-0.15, -0.1) is 10.2 Å². The van der Waals surface area contributed by atoms with E-state index < -0.39 is 0 Å². The zero-order valence-corrected chi connectivity index (χ0v) is 9.74. The molecular weight excluding hydrogens is 253 g/mol. The maximum atomic E-state index is 11.0. The van der Waals surface area contributed by atoms with E-state index in [1.54, 1.807) is 0 Å². The third-order valence-electron chi connectivity index (χ3n) is 2.49. The normalized spacial score (nSPS) is 20.1. The van der Waals surface area contributed by atoms with Gasteiger partial charge in [0.15, 0.2) is 11.0 Å². The number of aromatic nitrogens is 3. The van der Waals surface area contributed by atoms with Crippen molar-refractivity contribution in [1.82, 2.24) is 15.2 Å². The molecule has 16 heavy (non-hydrogen) atoms. The summed E-state index contributed by atoms with van der Waals surface area (Å²) in [6, 6.07) is 0. The van der Waals surface area contributed by atoms with Gasteiger partial charge in [-0.1, -0.05) is 11.6 Å². The maximum absolute atomic E-state index is 11.0. The monoisotopic (exact) mass is 261 g/mol. The van der Waals surface area contributed by atoms with Crippen LogP contribution in [-0.2, 0) is 4.79 Å². The van der Waals surface area contributed by atoms with Crippen molar-refractivity contribution in [2.24, 2.45) is 11.7 Å². The number of anilines is 1. The maximum Gasteiger partial charge on any atom is 0.245 e. The van der Waals surface area contributed by atoms with Gasteiger partial charge in [-0.3, -0.25) is 4.79 Å². The van der Waals surface area contributed by atoms with Crippen LogP contribution in [-0.4, -0.2) is 34.2 Å². The van der Waals surface area contributed by atoms with Gasteiger partial charge in [0.2, 0.25) is 11.2 Å². The van der Waals surface area contributed by atoms with E-state index in [1.165, 1.54) is 0 Å². The Labute approximate surface area is 102 Å². The minimum atomic E-state index is -0.313. The second-order valence-electron chi connectivity index (χ2n) is 3.53. The van der Waals surface area contributed by atoms with Gasteiger partial charge in [-0.25, -0.2) is 0 Å². The zero-order valence-electron chi connectivity index (χ0n) is 8.23. The van der Waals surface area contributed by atoms with Crippen LogP contribution in [0, 0.1) is 5.92 Å². The van der Waals surface area contributed by atoms with Gasteiger partial charge in [0, 0.05) is 13.1 Å². The number of primary amides is 1. The predicted molar refractivity (Wildman–Crippen MR) is 59.4 cm³/mol. The Balaban J connectivity index is 2.20. The summed E-state index contributed by atoms with van der Waals surface area (Å²) in [5, 5.41) is 7.38. The summed E-state index contributed by atoms with van der Waals surface area (Å²) < 4.78 is 0. The largest absolute Gasteiger partial charge is 0.369 e. The summed E-state index contributed by atoms with van der Waals surface area (Å²) >= 11 is 11.5. The number of carbonyl (C=O) groups excluding carboxylic acids is 1. The number of rotatable bonds is 2. The van der Waals surface area contributed by atoms with Crippen LogP contribution in [0.2, 0.25) is 10.4 Å². The van der Waals surface area contributed by atoms with E-state index in [-0.39, 0.29) is 22.3 Å². The van der Waals surface area contributed by atoms with Crippen LogP contribution in [0.1, 0.15) is 6.42 Å². The molecule has 0 spiro atoms. The van der Waals surface area contributed by atoms with E-state index in [1.807, 2.05) is 4.90 Å². The highest BCUT2D eigenvalue weighted by molar-refractivity contribution is 6.32. The molecule has 2 heterocycles. The van der Waals surface area contributed by atoms with Crippen LogP contribution in [0.5, 0.6) is 0 Å². The number of nitrogens with zero attached hydrogens (tertiary/aromatic N) is 4. The summed E-state index contributed by atoms with van der Waals surface area (Å²) in [5.74, 6) is -0.0399. The van der Waals surface area contributed by atoms with Crippen LogP contribution in [0.3, 0.4) is 0 Å². The van der Waals surface area contributed by atoms with Gasteiger partial charge < -0.3 is 10.6 Å². The number of carbonyl (C=O) groups is 1. The number of halogens is 2. The fourth-order valence-corrected chi connectivity index (χ4v) is 1.99. The molecule has 0 saturated carbocycles. The Morgan fingerprint density at radius 3 is 2.81 bits per heavy atom. The first-order valence-corrected chi connectivity index (χ1v) is 5.43. The third kappa shape index (κ3) is 2.17. The van der Waals surface area contributed by atoms with Crippen molar-refractivity contribution in [3.8, 4) is 0 Å². The van der Waals surface area contributed by atoms with Crippen molar-refractivity contribution in [3.05, 3.63) is 10.4 Å². The van der Waals surface area contributed by atoms with Crippen molar-refractivity contribution in [2.45, 2.75) is 6.42 Å². The number of amides is 1. The molecule has 6 nitrogen and oxygen atoms in total. The van der Waals surface area contributed by atoms with E-state index >= 15 is 0 Å². The van der Waals surface area contributed by atoms with Crippen LogP contribution >= 0.6 is 23.2 Å². The first kappa shape index (κ1) is 11.3. The first-order chi connectivity index (χ1) is 7.58. The Kier molecular flexibility index (Phi) is 3.11. The van der Waals surface area contributed by atoms with Crippen molar-refractivity contribution >= 4 is 34.9 Å². The average Bonchev–Trinajstić information content (AvgIpc) is 2.70. The predicted octanol–water partition coefficient (Wildman–Crippen LogP) is 0.490. The second kappa shape index (κ2) is 4.39. The molecule has 8 heteroatoms. The van der Waals surface area contributed by atoms with Gasteiger partial charge in [-0.2, -0.15) is 4.98 Å². The molecule has 1 aromatic heterocycles. The van der Waals surface area contributed by atoms with E-state index in [0.717, 1.165) is 0 Å². The smallest absolute Gasteiger partial charge is 0.245 e. The summed E-state index contributed by atoms with van der Waals surface area (Å²) in [4.78, 5) is 16.8. The molecule has 1 unspecified atom stereocenters. The summed E-state index contributed by atoms with van der Waals surface area (Å²) in [7, 11) is 0. The molecule has 86 valence electrons. The van der Waals surface area contributed by atoms with Gasteiger partial charge in [0.25, 0.3) is 0 Å². The Morgan fingerprint density at radius 1 is 1.44 bits per heavy atom. The number of hydrogen-bond donors (Lipinski definition) is 1. The standard InChI is InChI=1S/C8H9Cl2N5O/c9-5-7(12-8(10)14-13-5)15-2-1-4(3-15)6(11)16/h4H,1-3H2,(H2,11,16). The average molecular weight is 262 g/mol. The molecule has 1 atom stereocenters. The van der Waals surface area contributed by atoms with Crippen molar-refractivity contribution in [2.75, 3.05) is 18.0 Å². The quantitative estimate of drug-likeness (QED) is 0.838. The minimum absolute atomic E-state index is 0.0296. The topological polar surface area (TPSA) is 85.0 Å². The molecule has 0 radical (unpaired) electrons. The van der Waals surface area contributed by atoms with Gasteiger partial charge >= 0.3 is 0 Å². The number of nitrogens with two attached hydrogens (primary N) is 1. The lowest BCUT2D eigenvalue weighted by molar-refractivity contribution is -0.121. The molecular formula is C8H9Cl2N5O. The molecule has 0 aromatic carbocycles. The van der Waals surface area contributed by atoms with Crippen LogP contribution in [0.15, 0.2) is 0 Å². The molecule has 2 rings (SSSR count). The third-order valence-corrected chi connectivity index (χ3v) is 2.90. The highest BCUT2D eigenvalue weighted by Gasteiger charge is 2.29. The van der Waals surface area contributed by atoms with Crippen LogP contribution < -0.4 is 10.6 Å². The van der Waals surface area contributed by atoms with E-state index in [2.05, 4.69) is 15.2 Å². The summed E-state index contributed by atoms with van der Waals surface area (Å²) in [6.45, 7) is 1.15. The van der Waals surface area contributed by atoms with Crippen molar-refractivity contribution in [3.63, 3.8) is 0 Å². The zero-order chi connectivity index (χ0) is 11.7. The van der Waals surface area contributed by atoms with E-state index in [0.29, 0.717) is 25.3 Å². The molecule has 1 amide bonds. The fourth-order valence-electron chi connectivity index (χ4n) is 1.67. The summed E-state index contributed by atoms with van der Waals surface area (Å²) in [5.41, 5.74) is 5.23. The van der Waals surface area contributed by atoms with Crippen LogP contribution in [0.4, 0.5) is 5.82 Å². The molecule has 1 aliphatic rings. The Bertz CT molecular complexity index is 427. The molecule has 1 aliphatic heterocycles. The minimum Gasteiger partial charge on any atom is -0.369 e. The highest BCUT2D eigenvalue weighted by Crippen LogP contribution is 2.27.